The molecule has 0 fully saturated rings. The maximum atomic E-state index is 12.6. The molecule has 0 saturated heterocycles. The standard InChI is InChI=1S/C17H32FN5O2S/c1-3-4-5-6-7-8-10-14(2)13-25-12-9-11-19-16(24)21-22-17-20-15(18)23-26-17/h14H,3-13H2,1-2H3,(H2,19,21,24)(H,20,22,23). The Bertz CT molecular complexity index is 489. The second-order valence-electron chi connectivity index (χ2n) is 6.46. The molecule has 0 aliphatic heterocycles. The molecule has 0 aliphatic carbocycles. The summed E-state index contributed by atoms with van der Waals surface area (Å²) in [6, 6.07) is -0.406. The smallest absolute Gasteiger partial charge is 0.333 e. The molecule has 0 bridgehead atoms. The number of anilines is 1. The zero-order valence-electron chi connectivity index (χ0n) is 15.9. The zero-order chi connectivity index (χ0) is 19.0. The number of aromatic nitrogens is 2. The van der Waals surface area contributed by atoms with E-state index in [1.54, 1.807) is 0 Å². The van der Waals surface area contributed by atoms with Gasteiger partial charge in [0, 0.05) is 31.3 Å². The summed E-state index contributed by atoms with van der Waals surface area (Å²) in [4.78, 5) is 14.9. The van der Waals surface area contributed by atoms with Crippen molar-refractivity contribution in [1.29, 1.82) is 0 Å². The molecule has 1 atom stereocenters. The molecule has 1 unspecified atom stereocenters. The van der Waals surface area contributed by atoms with E-state index in [0.29, 0.717) is 19.1 Å². The van der Waals surface area contributed by atoms with Crippen LogP contribution in [0.3, 0.4) is 0 Å². The van der Waals surface area contributed by atoms with Gasteiger partial charge in [-0.2, -0.15) is 9.37 Å². The molecule has 1 heterocycles. The molecular formula is C17H32FN5O2S. The average molecular weight is 390 g/mol. The minimum Gasteiger partial charge on any atom is -0.381 e. The molecule has 0 aromatic carbocycles. The van der Waals surface area contributed by atoms with Crippen molar-refractivity contribution in [3.05, 3.63) is 6.08 Å². The lowest BCUT2D eigenvalue weighted by Crippen LogP contribution is -2.39. The van der Waals surface area contributed by atoms with Gasteiger partial charge in [0.1, 0.15) is 0 Å². The van der Waals surface area contributed by atoms with Crippen molar-refractivity contribution >= 4 is 22.7 Å². The number of hydrogen-bond donors (Lipinski definition) is 3. The van der Waals surface area contributed by atoms with E-state index in [1.165, 1.54) is 44.9 Å². The number of urea groups is 1. The average Bonchev–Trinajstić information content (AvgIpc) is 3.04. The number of ether oxygens (including phenoxy) is 1. The quantitative estimate of drug-likeness (QED) is 0.310. The van der Waals surface area contributed by atoms with Crippen LogP contribution in [0.5, 0.6) is 0 Å². The molecule has 1 aromatic rings. The highest BCUT2D eigenvalue weighted by atomic mass is 32.1. The molecule has 26 heavy (non-hydrogen) atoms. The van der Waals surface area contributed by atoms with E-state index in [9.17, 15) is 9.18 Å². The van der Waals surface area contributed by atoms with Crippen LogP contribution >= 0.6 is 11.5 Å². The SMILES string of the molecule is CCCCCCCCC(C)COCCCNC(=O)NNc1nc(F)ns1. The number of carbonyl (C=O) groups excluding carboxylic acids is 1. The van der Waals surface area contributed by atoms with Gasteiger partial charge in [0.2, 0.25) is 5.13 Å². The van der Waals surface area contributed by atoms with Crippen LogP contribution in [0, 0.1) is 12.0 Å². The van der Waals surface area contributed by atoms with E-state index in [1.807, 2.05) is 0 Å². The van der Waals surface area contributed by atoms with Gasteiger partial charge in [0.15, 0.2) is 0 Å². The molecule has 9 heteroatoms. The van der Waals surface area contributed by atoms with Crippen LogP contribution in [0.2, 0.25) is 0 Å². The number of rotatable bonds is 15. The van der Waals surface area contributed by atoms with Crippen LogP contribution in [-0.4, -0.2) is 35.1 Å². The number of halogens is 1. The van der Waals surface area contributed by atoms with Crippen LogP contribution < -0.4 is 16.2 Å². The van der Waals surface area contributed by atoms with Crippen molar-refractivity contribution in [2.24, 2.45) is 5.92 Å². The molecule has 3 N–H and O–H groups in total. The first kappa shape index (κ1) is 22.6. The minimum absolute atomic E-state index is 0.195. The van der Waals surface area contributed by atoms with Gasteiger partial charge in [-0.05, 0) is 18.8 Å². The van der Waals surface area contributed by atoms with Crippen molar-refractivity contribution in [3.63, 3.8) is 0 Å². The molecule has 1 aromatic heterocycles. The van der Waals surface area contributed by atoms with E-state index in [4.69, 9.17) is 4.74 Å². The largest absolute Gasteiger partial charge is 0.381 e. The third-order valence-electron chi connectivity index (χ3n) is 3.89. The normalized spacial score (nSPS) is 12.0. The number of amides is 2. The van der Waals surface area contributed by atoms with Gasteiger partial charge in [0.05, 0.1) is 0 Å². The van der Waals surface area contributed by atoms with Crippen molar-refractivity contribution in [2.45, 2.75) is 65.2 Å². The summed E-state index contributed by atoms with van der Waals surface area (Å²) >= 11 is 0.830. The van der Waals surface area contributed by atoms with Crippen LogP contribution in [-0.2, 0) is 4.74 Å². The topological polar surface area (TPSA) is 88.2 Å². The third-order valence-corrected chi connectivity index (χ3v) is 4.50. The highest BCUT2D eigenvalue weighted by Crippen LogP contribution is 2.12. The number of nitrogens with one attached hydrogen (secondary N) is 3. The molecule has 0 aliphatic rings. The van der Waals surface area contributed by atoms with Crippen LogP contribution in [0.25, 0.3) is 0 Å². The fourth-order valence-corrected chi connectivity index (χ4v) is 2.84. The lowest BCUT2D eigenvalue weighted by molar-refractivity contribution is 0.0993. The number of hydrogen-bond acceptors (Lipinski definition) is 6. The maximum absolute atomic E-state index is 12.6. The van der Waals surface area contributed by atoms with E-state index >= 15 is 0 Å². The van der Waals surface area contributed by atoms with Crippen molar-refractivity contribution in [1.82, 2.24) is 20.1 Å². The molecule has 0 spiro atoms. The molecule has 2 amide bonds. The summed E-state index contributed by atoms with van der Waals surface area (Å²) in [5.41, 5.74) is 4.84. The number of unbranched alkanes of at least 4 members (excludes halogenated alkanes) is 5. The van der Waals surface area contributed by atoms with E-state index in [-0.39, 0.29) is 5.13 Å². The van der Waals surface area contributed by atoms with E-state index < -0.39 is 12.1 Å². The second kappa shape index (κ2) is 14.7. The van der Waals surface area contributed by atoms with Gasteiger partial charge < -0.3 is 10.1 Å². The molecule has 150 valence electrons. The highest BCUT2D eigenvalue weighted by molar-refractivity contribution is 7.09. The molecular weight excluding hydrogens is 357 g/mol. The Morgan fingerprint density at radius 2 is 2.00 bits per heavy atom. The lowest BCUT2D eigenvalue weighted by Gasteiger charge is -2.12. The Kier molecular flexibility index (Phi) is 12.7. The fourth-order valence-electron chi connectivity index (χ4n) is 2.43. The highest BCUT2D eigenvalue weighted by Gasteiger charge is 2.05. The molecule has 7 nitrogen and oxygen atoms in total. The zero-order valence-corrected chi connectivity index (χ0v) is 16.7. The lowest BCUT2D eigenvalue weighted by atomic mass is 10.0. The third kappa shape index (κ3) is 12.0. The van der Waals surface area contributed by atoms with Crippen molar-refractivity contribution in [3.8, 4) is 0 Å². The first-order valence-electron chi connectivity index (χ1n) is 9.48. The molecule has 0 radical (unpaired) electrons. The first-order chi connectivity index (χ1) is 12.6. The van der Waals surface area contributed by atoms with E-state index in [2.05, 4.69) is 39.4 Å². The van der Waals surface area contributed by atoms with Gasteiger partial charge in [0.25, 0.3) is 0 Å². The summed E-state index contributed by atoms with van der Waals surface area (Å²) in [7, 11) is 0. The predicted molar refractivity (Wildman–Crippen MR) is 103 cm³/mol. The van der Waals surface area contributed by atoms with Gasteiger partial charge in [-0.25, -0.2) is 10.2 Å². The summed E-state index contributed by atoms with van der Waals surface area (Å²) in [5.74, 6) is 0.578. The Balaban J connectivity index is 1.88. The summed E-state index contributed by atoms with van der Waals surface area (Å²) in [5, 5.41) is 2.87. The monoisotopic (exact) mass is 389 g/mol. The number of nitrogens with zero attached hydrogens (tertiary/aromatic N) is 2. The van der Waals surface area contributed by atoms with Gasteiger partial charge >= 0.3 is 12.1 Å². The predicted octanol–water partition coefficient (Wildman–Crippen LogP) is 4.10. The Morgan fingerprint density at radius 3 is 2.73 bits per heavy atom. The summed E-state index contributed by atoms with van der Waals surface area (Å²) in [6.45, 7) is 6.35. The molecule has 0 saturated carbocycles. The Morgan fingerprint density at radius 1 is 1.23 bits per heavy atom. The van der Waals surface area contributed by atoms with E-state index in [0.717, 1.165) is 24.6 Å². The summed E-state index contributed by atoms with van der Waals surface area (Å²) < 4.78 is 21.6. The van der Waals surface area contributed by atoms with Crippen LogP contribution in [0.1, 0.15) is 65.2 Å². The van der Waals surface area contributed by atoms with Crippen molar-refractivity contribution < 1.29 is 13.9 Å². The number of carbonyl (C=O) groups is 1. The van der Waals surface area contributed by atoms with Crippen molar-refractivity contribution in [2.75, 3.05) is 25.2 Å². The number of hydrazine groups is 1. The van der Waals surface area contributed by atoms with Crippen LogP contribution in [0.15, 0.2) is 0 Å². The Hall–Kier alpha value is -1.48. The maximum Gasteiger partial charge on any atom is 0.333 e. The first-order valence-corrected chi connectivity index (χ1v) is 10.3. The Labute approximate surface area is 159 Å². The minimum atomic E-state index is -0.817. The van der Waals surface area contributed by atoms with Crippen LogP contribution in [0.4, 0.5) is 14.3 Å². The van der Waals surface area contributed by atoms with Gasteiger partial charge in [-0.1, -0.05) is 52.4 Å². The second-order valence-corrected chi connectivity index (χ2v) is 7.22. The van der Waals surface area contributed by atoms with Gasteiger partial charge in [-0.3, -0.25) is 5.43 Å². The summed E-state index contributed by atoms with van der Waals surface area (Å²) in [6.07, 6.45) is 9.08. The van der Waals surface area contributed by atoms with Gasteiger partial charge in [-0.15, -0.1) is 4.37 Å². The fraction of sp³-hybridized carbons (Fsp3) is 0.824. The molecule has 1 rings (SSSR count).